The fourth-order valence-electron chi connectivity index (χ4n) is 2.60. The van der Waals surface area contributed by atoms with Crippen molar-refractivity contribution in [2.24, 2.45) is 0 Å². The van der Waals surface area contributed by atoms with Crippen molar-refractivity contribution in [2.75, 3.05) is 13.7 Å². The number of nitro benzene ring substituents is 1. The van der Waals surface area contributed by atoms with Crippen molar-refractivity contribution in [1.82, 2.24) is 0 Å². The van der Waals surface area contributed by atoms with Gasteiger partial charge in [-0.05, 0) is 54.6 Å². The number of ketones is 1. The van der Waals surface area contributed by atoms with Gasteiger partial charge in [0.05, 0.1) is 17.6 Å². The molecule has 0 saturated heterocycles. The standard InChI is InChI=1S/C22H17NO7/c1-28-22(25)14-29-16-8-6-15(7-9-16)20(24)12-10-17-11-13-21(30-17)18-4-2-3-5-19(18)23(26)27/h2-13H,14H2,1H3. The molecule has 3 aromatic rings. The molecule has 1 heterocycles. The Balaban J connectivity index is 1.67. The van der Waals surface area contributed by atoms with Gasteiger partial charge in [-0.3, -0.25) is 14.9 Å². The van der Waals surface area contributed by atoms with Crippen LogP contribution in [0.3, 0.4) is 0 Å². The molecule has 8 nitrogen and oxygen atoms in total. The predicted molar refractivity (Wildman–Crippen MR) is 108 cm³/mol. The zero-order valence-electron chi connectivity index (χ0n) is 15.9. The maximum absolute atomic E-state index is 12.3. The molecule has 1 aromatic heterocycles. The third kappa shape index (κ3) is 4.99. The number of para-hydroxylation sites is 1. The summed E-state index contributed by atoms with van der Waals surface area (Å²) in [7, 11) is 1.27. The minimum Gasteiger partial charge on any atom is -0.482 e. The minimum atomic E-state index is -0.503. The Labute approximate surface area is 171 Å². The highest BCUT2D eigenvalue weighted by Crippen LogP contribution is 2.31. The normalized spacial score (nSPS) is 10.7. The molecule has 8 heteroatoms. The summed E-state index contributed by atoms with van der Waals surface area (Å²) in [5.41, 5.74) is 0.714. The molecule has 0 amide bonds. The van der Waals surface area contributed by atoms with Crippen molar-refractivity contribution in [3.8, 4) is 17.1 Å². The Kier molecular flexibility index (Phi) is 6.39. The van der Waals surface area contributed by atoms with Gasteiger partial charge in [0.15, 0.2) is 12.4 Å². The first kappa shape index (κ1) is 20.5. The van der Waals surface area contributed by atoms with Gasteiger partial charge in [-0.1, -0.05) is 12.1 Å². The lowest BCUT2D eigenvalue weighted by Crippen LogP contribution is -2.12. The molecule has 30 heavy (non-hydrogen) atoms. The number of ether oxygens (including phenoxy) is 2. The average molecular weight is 407 g/mol. The Morgan fingerprint density at radius 2 is 1.80 bits per heavy atom. The Morgan fingerprint density at radius 1 is 1.07 bits per heavy atom. The topological polar surface area (TPSA) is 109 Å². The molecule has 0 N–H and O–H groups in total. The van der Waals surface area contributed by atoms with E-state index in [1.165, 1.54) is 25.3 Å². The van der Waals surface area contributed by atoms with Crippen molar-refractivity contribution < 1.29 is 28.4 Å². The van der Waals surface area contributed by atoms with E-state index in [0.29, 0.717) is 28.4 Å². The van der Waals surface area contributed by atoms with E-state index in [-0.39, 0.29) is 18.1 Å². The van der Waals surface area contributed by atoms with Crippen LogP contribution in [0.25, 0.3) is 17.4 Å². The predicted octanol–water partition coefficient (Wildman–Crippen LogP) is 4.30. The summed E-state index contributed by atoms with van der Waals surface area (Å²) in [6.07, 6.45) is 2.83. The second kappa shape index (κ2) is 9.33. The molecule has 0 spiro atoms. The van der Waals surface area contributed by atoms with Crippen molar-refractivity contribution >= 4 is 23.5 Å². The number of hydrogen-bond donors (Lipinski definition) is 0. The van der Waals surface area contributed by atoms with Crippen LogP contribution in [0.4, 0.5) is 5.69 Å². The second-order valence-corrected chi connectivity index (χ2v) is 6.06. The van der Waals surface area contributed by atoms with E-state index in [9.17, 15) is 19.7 Å². The summed E-state index contributed by atoms with van der Waals surface area (Å²) in [4.78, 5) is 34.1. The molecule has 0 atom stereocenters. The van der Waals surface area contributed by atoms with Crippen LogP contribution in [0.15, 0.2) is 71.2 Å². The first-order valence-corrected chi connectivity index (χ1v) is 8.83. The number of carbonyl (C=O) groups excluding carboxylic acids is 2. The fraction of sp³-hybridized carbons (Fsp3) is 0.0909. The molecule has 0 aliphatic heterocycles. The molecule has 0 bridgehead atoms. The number of rotatable bonds is 8. The summed E-state index contributed by atoms with van der Waals surface area (Å²) in [5, 5.41) is 11.2. The number of benzene rings is 2. The van der Waals surface area contributed by atoms with Crippen molar-refractivity contribution in [3.05, 3.63) is 88.2 Å². The smallest absolute Gasteiger partial charge is 0.343 e. The molecule has 0 radical (unpaired) electrons. The lowest BCUT2D eigenvalue weighted by atomic mass is 10.1. The minimum absolute atomic E-state index is 0.0621. The summed E-state index contributed by atoms with van der Waals surface area (Å²) in [6, 6.07) is 15.8. The van der Waals surface area contributed by atoms with Crippen LogP contribution in [0.2, 0.25) is 0 Å². The summed E-state index contributed by atoms with van der Waals surface area (Å²) in [5.74, 6) is 0.381. The molecule has 0 fully saturated rings. The summed E-state index contributed by atoms with van der Waals surface area (Å²) in [6.45, 7) is -0.218. The lowest BCUT2D eigenvalue weighted by molar-refractivity contribution is -0.384. The molecule has 0 aliphatic rings. The monoisotopic (exact) mass is 407 g/mol. The molecule has 0 unspecified atom stereocenters. The average Bonchev–Trinajstić information content (AvgIpc) is 3.25. The van der Waals surface area contributed by atoms with E-state index >= 15 is 0 Å². The van der Waals surface area contributed by atoms with Crippen LogP contribution in [-0.2, 0) is 9.53 Å². The number of carbonyl (C=O) groups is 2. The van der Waals surface area contributed by atoms with Gasteiger partial charge in [-0.2, -0.15) is 0 Å². The van der Waals surface area contributed by atoms with E-state index in [0.717, 1.165) is 0 Å². The van der Waals surface area contributed by atoms with Crippen molar-refractivity contribution in [2.45, 2.75) is 0 Å². The second-order valence-electron chi connectivity index (χ2n) is 6.06. The van der Waals surface area contributed by atoms with E-state index < -0.39 is 10.9 Å². The molecular formula is C22H17NO7. The van der Waals surface area contributed by atoms with E-state index in [4.69, 9.17) is 9.15 Å². The highest BCUT2D eigenvalue weighted by atomic mass is 16.6. The van der Waals surface area contributed by atoms with Crippen LogP contribution in [0.1, 0.15) is 16.1 Å². The first-order chi connectivity index (χ1) is 14.5. The van der Waals surface area contributed by atoms with Gasteiger partial charge in [0.1, 0.15) is 17.3 Å². The molecule has 152 valence electrons. The van der Waals surface area contributed by atoms with E-state index in [1.807, 2.05) is 0 Å². The van der Waals surface area contributed by atoms with Gasteiger partial charge < -0.3 is 13.9 Å². The number of allylic oxidation sites excluding steroid dienone is 1. The number of esters is 1. The van der Waals surface area contributed by atoms with Crippen LogP contribution in [0.5, 0.6) is 5.75 Å². The number of nitro groups is 1. The van der Waals surface area contributed by atoms with Gasteiger partial charge in [0.25, 0.3) is 5.69 Å². The Hall–Kier alpha value is -4.20. The lowest BCUT2D eigenvalue weighted by Gasteiger charge is -2.04. The van der Waals surface area contributed by atoms with Crippen molar-refractivity contribution in [3.63, 3.8) is 0 Å². The molecule has 0 saturated carbocycles. The molecule has 0 aliphatic carbocycles. The Morgan fingerprint density at radius 3 is 2.50 bits per heavy atom. The largest absolute Gasteiger partial charge is 0.482 e. The number of hydrogen-bond acceptors (Lipinski definition) is 7. The SMILES string of the molecule is COC(=O)COc1ccc(C(=O)C=Cc2ccc(-c3ccccc3[N+](=O)[O-])o2)cc1. The fourth-order valence-corrected chi connectivity index (χ4v) is 2.60. The van der Waals surface area contributed by atoms with Gasteiger partial charge in [0, 0.05) is 11.6 Å². The van der Waals surface area contributed by atoms with E-state index in [1.54, 1.807) is 54.6 Å². The maximum atomic E-state index is 12.3. The van der Waals surface area contributed by atoms with Gasteiger partial charge in [-0.15, -0.1) is 0 Å². The van der Waals surface area contributed by atoms with Crippen LogP contribution in [0, 0.1) is 10.1 Å². The van der Waals surface area contributed by atoms with Crippen LogP contribution in [-0.4, -0.2) is 30.4 Å². The third-order valence-electron chi connectivity index (χ3n) is 4.12. The van der Waals surface area contributed by atoms with Crippen molar-refractivity contribution in [1.29, 1.82) is 0 Å². The third-order valence-corrected chi connectivity index (χ3v) is 4.12. The molecule has 3 rings (SSSR count). The summed E-state index contributed by atoms with van der Waals surface area (Å²) >= 11 is 0. The number of methoxy groups -OCH3 is 1. The van der Waals surface area contributed by atoms with Crippen LogP contribution >= 0.6 is 0 Å². The first-order valence-electron chi connectivity index (χ1n) is 8.83. The highest BCUT2D eigenvalue weighted by molar-refractivity contribution is 6.06. The number of nitrogens with zero attached hydrogens (tertiary/aromatic N) is 1. The maximum Gasteiger partial charge on any atom is 0.343 e. The number of furan rings is 1. The summed E-state index contributed by atoms with van der Waals surface area (Å²) < 4.78 is 15.3. The van der Waals surface area contributed by atoms with Gasteiger partial charge >= 0.3 is 5.97 Å². The molecule has 2 aromatic carbocycles. The molecular weight excluding hydrogens is 390 g/mol. The quantitative estimate of drug-likeness (QED) is 0.180. The highest BCUT2D eigenvalue weighted by Gasteiger charge is 2.16. The zero-order chi connectivity index (χ0) is 21.5. The van der Waals surface area contributed by atoms with Crippen LogP contribution < -0.4 is 4.74 Å². The Bertz CT molecular complexity index is 1100. The van der Waals surface area contributed by atoms with E-state index in [2.05, 4.69) is 4.74 Å². The van der Waals surface area contributed by atoms with Gasteiger partial charge in [0.2, 0.25) is 0 Å². The van der Waals surface area contributed by atoms with Gasteiger partial charge in [-0.25, -0.2) is 4.79 Å². The zero-order valence-corrected chi connectivity index (χ0v) is 15.9.